The molecule has 1 saturated heterocycles. The lowest BCUT2D eigenvalue weighted by Crippen LogP contribution is -2.51. The van der Waals surface area contributed by atoms with Gasteiger partial charge in [0.2, 0.25) is 11.9 Å². The number of nitrogens with zero attached hydrogens (tertiary/aromatic N) is 6. The summed E-state index contributed by atoms with van der Waals surface area (Å²) in [5.74, 6) is 0.383. The van der Waals surface area contributed by atoms with E-state index in [1.54, 1.807) is 24.3 Å². The molecular weight excluding hydrogens is 495 g/mol. The van der Waals surface area contributed by atoms with Crippen molar-refractivity contribution in [3.8, 4) is 23.2 Å². The van der Waals surface area contributed by atoms with Crippen LogP contribution in [0.25, 0.3) is 11.4 Å². The highest BCUT2D eigenvalue weighted by molar-refractivity contribution is 5.87. The van der Waals surface area contributed by atoms with Crippen LogP contribution in [0.5, 0.6) is 5.75 Å². The number of benzene rings is 1. The number of alkyl halides is 1. The van der Waals surface area contributed by atoms with Crippen LogP contribution in [-0.2, 0) is 9.59 Å². The standard InChI is InChI=1S/C25H25FN8O4/c1-14(35)24(37)34-8-7-21(19(26)12-34)38-20-5-3-16(9-17(20)10-27)23-29-13-30-25(33-23)32-18-4-6-22(28-11-18)31-15(2)36/h3-6,9,11,13-14,19,21,35H,7-8,12H2,1-2H3,(H,28,31,36)(H,29,30,32,33)/t14-,19-,21-/m0/s1. The maximum atomic E-state index is 14.7. The summed E-state index contributed by atoms with van der Waals surface area (Å²) in [5, 5.41) is 24.7. The number of nitrogens with one attached hydrogen (secondary N) is 2. The lowest BCUT2D eigenvalue weighted by atomic mass is 10.0. The summed E-state index contributed by atoms with van der Waals surface area (Å²) in [4.78, 5) is 41.1. The van der Waals surface area contributed by atoms with Crippen LogP contribution in [0.1, 0.15) is 25.8 Å². The first-order valence-electron chi connectivity index (χ1n) is 11.8. The first kappa shape index (κ1) is 26.4. The second-order valence-corrected chi connectivity index (χ2v) is 8.61. The molecule has 0 spiro atoms. The number of aromatic nitrogens is 4. The number of hydrogen-bond acceptors (Lipinski definition) is 10. The highest BCUT2D eigenvalue weighted by Gasteiger charge is 2.34. The van der Waals surface area contributed by atoms with Crippen LogP contribution in [-0.4, -0.2) is 73.2 Å². The fraction of sp³-hybridized carbons (Fsp3) is 0.320. The molecule has 1 aromatic carbocycles. The van der Waals surface area contributed by atoms with E-state index in [1.165, 1.54) is 37.3 Å². The molecule has 3 heterocycles. The molecule has 0 saturated carbocycles. The number of nitriles is 1. The van der Waals surface area contributed by atoms with Crippen molar-refractivity contribution in [2.75, 3.05) is 23.7 Å². The fourth-order valence-electron chi connectivity index (χ4n) is 3.85. The second kappa shape index (κ2) is 11.6. The van der Waals surface area contributed by atoms with Gasteiger partial charge in [0.15, 0.2) is 12.0 Å². The number of piperidine rings is 1. The summed E-state index contributed by atoms with van der Waals surface area (Å²) in [6.45, 7) is 2.77. The Labute approximate surface area is 217 Å². The molecule has 0 bridgehead atoms. The maximum Gasteiger partial charge on any atom is 0.251 e. The zero-order valence-corrected chi connectivity index (χ0v) is 20.6. The molecular formula is C25H25FN8O4. The van der Waals surface area contributed by atoms with Gasteiger partial charge < -0.3 is 25.4 Å². The van der Waals surface area contributed by atoms with Crippen molar-refractivity contribution in [2.45, 2.75) is 38.6 Å². The molecule has 4 rings (SSSR count). The molecule has 1 aliphatic heterocycles. The van der Waals surface area contributed by atoms with Gasteiger partial charge in [-0.2, -0.15) is 10.2 Å². The van der Waals surface area contributed by atoms with Crippen LogP contribution in [0.4, 0.5) is 21.8 Å². The molecule has 1 fully saturated rings. The summed E-state index contributed by atoms with van der Waals surface area (Å²) in [6, 6.07) is 10.1. The number of pyridine rings is 1. The van der Waals surface area contributed by atoms with E-state index in [9.17, 15) is 24.3 Å². The Kier molecular flexibility index (Phi) is 8.03. The second-order valence-electron chi connectivity index (χ2n) is 8.61. The largest absolute Gasteiger partial charge is 0.486 e. The first-order valence-corrected chi connectivity index (χ1v) is 11.8. The van der Waals surface area contributed by atoms with Gasteiger partial charge in [-0.25, -0.2) is 19.3 Å². The lowest BCUT2D eigenvalue weighted by Gasteiger charge is -2.35. The Bertz CT molecular complexity index is 1360. The summed E-state index contributed by atoms with van der Waals surface area (Å²) >= 11 is 0. The van der Waals surface area contributed by atoms with E-state index in [2.05, 4.69) is 36.6 Å². The molecule has 12 nitrogen and oxygen atoms in total. The number of aliphatic hydroxyl groups is 1. The van der Waals surface area contributed by atoms with Crippen molar-refractivity contribution < 1.29 is 23.8 Å². The molecule has 3 N–H and O–H groups in total. The number of carbonyl (C=O) groups excluding carboxylic acids is 2. The van der Waals surface area contributed by atoms with E-state index in [0.29, 0.717) is 22.9 Å². The smallest absolute Gasteiger partial charge is 0.251 e. The summed E-state index contributed by atoms with van der Waals surface area (Å²) in [5.41, 5.74) is 1.28. The predicted molar refractivity (Wildman–Crippen MR) is 134 cm³/mol. The Hall–Kier alpha value is -4.70. The molecule has 3 atom stereocenters. The quantitative estimate of drug-likeness (QED) is 0.420. The van der Waals surface area contributed by atoms with E-state index in [-0.39, 0.29) is 42.7 Å². The van der Waals surface area contributed by atoms with E-state index in [0.717, 1.165) is 0 Å². The molecule has 2 aromatic heterocycles. The van der Waals surface area contributed by atoms with Gasteiger partial charge in [0.1, 0.15) is 36.2 Å². The van der Waals surface area contributed by atoms with Crippen LogP contribution in [0.15, 0.2) is 42.9 Å². The van der Waals surface area contributed by atoms with E-state index >= 15 is 0 Å². The zero-order chi connectivity index (χ0) is 27.2. The number of aliphatic hydroxyl groups excluding tert-OH is 1. The number of rotatable bonds is 7. The molecule has 3 aromatic rings. The normalized spacial score (nSPS) is 17.7. The third-order valence-electron chi connectivity index (χ3n) is 5.68. The number of ether oxygens (including phenoxy) is 1. The van der Waals surface area contributed by atoms with Crippen molar-refractivity contribution in [3.63, 3.8) is 0 Å². The molecule has 0 aliphatic carbocycles. The fourth-order valence-corrected chi connectivity index (χ4v) is 3.85. The van der Waals surface area contributed by atoms with E-state index in [1.807, 2.05) is 0 Å². The number of likely N-dealkylation sites (tertiary alicyclic amines) is 1. The van der Waals surface area contributed by atoms with E-state index < -0.39 is 24.3 Å². The number of carbonyl (C=O) groups is 2. The molecule has 2 amide bonds. The number of hydrogen-bond donors (Lipinski definition) is 3. The summed E-state index contributed by atoms with van der Waals surface area (Å²) in [6.07, 6.45) is -0.472. The van der Waals surface area contributed by atoms with Crippen molar-refractivity contribution in [2.24, 2.45) is 0 Å². The third kappa shape index (κ3) is 6.34. The average Bonchev–Trinajstić information content (AvgIpc) is 2.90. The average molecular weight is 521 g/mol. The van der Waals surface area contributed by atoms with Gasteiger partial charge >= 0.3 is 0 Å². The minimum absolute atomic E-state index is 0.171. The van der Waals surface area contributed by atoms with Crippen LogP contribution < -0.4 is 15.4 Å². The Balaban J connectivity index is 1.45. The van der Waals surface area contributed by atoms with Crippen molar-refractivity contribution in [1.29, 1.82) is 5.26 Å². The van der Waals surface area contributed by atoms with Crippen molar-refractivity contribution in [3.05, 3.63) is 48.4 Å². The summed E-state index contributed by atoms with van der Waals surface area (Å²) < 4.78 is 20.6. The molecule has 13 heteroatoms. The Morgan fingerprint density at radius 3 is 2.74 bits per heavy atom. The van der Waals surface area contributed by atoms with Crippen LogP contribution in [0, 0.1) is 11.3 Å². The maximum absolute atomic E-state index is 14.7. The Morgan fingerprint density at radius 1 is 1.26 bits per heavy atom. The third-order valence-corrected chi connectivity index (χ3v) is 5.68. The van der Waals surface area contributed by atoms with Gasteiger partial charge in [-0.3, -0.25) is 9.59 Å². The van der Waals surface area contributed by atoms with Crippen molar-refractivity contribution >= 4 is 29.3 Å². The topological polar surface area (TPSA) is 166 Å². The first-order chi connectivity index (χ1) is 18.2. The molecule has 0 unspecified atom stereocenters. The number of amides is 2. The lowest BCUT2D eigenvalue weighted by molar-refractivity contribution is -0.143. The van der Waals surface area contributed by atoms with Gasteiger partial charge in [-0.1, -0.05) is 0 Å². The zero-order valence-electron chi connectivity index (χ0n) is 20.6. The Morgan fingerprint density at radius 2 is 2.08 bits per heavy atom. The van der Waals surface area contributed by atoms with Gasteiger partial charge in [0, 0.05) is 25.5 Å². The monoisotopic (exact) mass is 520 g/mol. The van der Waals surface area contributed by atoms with Gasteiger partial charge in [-0.15, -0.1) is 0 Å². The molecule has 196 valence electrons. The molecule has 0 radical (unpaired) electrons. The highest BCUT2D eigenvalue weighted by Crippen LogP contribution is 2.28. The molecule has 1 aliphatic rings. The number of halogens is 1. The van der Waals surface area contributed by atoms with Crippen LogP contribution >= 0.6 is 0 Å². The van der Waals surface area contributed by atoms with Gasteiger partial charge in [0.25, 0.3) is 5.91 Å². The number of anilines is 3. The van der Waals surface area contributed by atoms with Gasteiger partial charge in [0.05, 0.1) is 24.0 Å². The minimum atomic E-state index is -1.48. The highest BCUT2D eigenvalue weighted by atomic mass is 19.1. The SMILES string of the molecule is CC(=O)Nc1ccc(Nc2ncnc(-c3ccc(O[C@H]4CCN(C(=O)[C@H](C)O)C[C@@H]4F)c(C#N)c3)n2)cn1. The van der Waals surface area contributed by atoms with E-state index in [4.69, 9.17) is 4.74 Å². The van der Waals surface area contributed by atoms with Crippen molar-refractivity contribution in [1.82, 2.24) is 24.8 Å². The van der Waals surface area contributed by atoms with Crippen LogP contribution in [0.2, 0.25) is 0 Å². The minimum Gasteiger partial charge on any atom is -0.486 e. The molecule has 38 heavy (non-hydrogen) atoms. The predicted octanol–water partition coefficient (Wildman–Crippen LogP) is 2.21. The summed E-state index contributed by atoms with van der Waals surface area (Å²) in [7, 11) is 0. The van der Waals surface area contributed by atoms with Crippen LogP contribution in [0.3, 0.4) is 0 Å². The van der Waals surface area contributed by atoms with Gasteiger partial charge in [-0.05, 0) is 37.3 Å².